The van der Waals surface area contributed by atoms with Crippen LogP contribution in [0.2, 0.25) is 0 Å². The lowest BCUT2D eigenvalue weighted by atomic mass is 9.95. The Kier molecular flexibility index (Phi) is 3.80. The minimum absolute atomic E-state index is 0.153. The quantitative estimate of drug-likeness (QED) is 0.813. The standard InChI is InChI=1S/C12H17F2N/c1-7(2)12(15-4)9-6-5-8(3)10(13)11(9)14/h5-7,12,15H,1-4H3. The highest BCUT2D eigenvalue weighted by Crippen LogP contribution is 2.26. The number of halogens is 2. The topological polar surface area (TPSA) is 12.0 Å². The van der Waals surface area contributed by atoms with Gasteiger partial charge in [-0.3, -0.25) is 0 Å². The molecule has 0 aliphatic carbocycles. The molecule has 1 aromatic rings. The predicted molar refractivity (Wildman–Crippen MR) is 57.7 cm³/mol. The first kappa shape index (κ1) is 12.1. The van der Waals surface area contributed by atoms with Crippen molar-refractivity contribution in [2.45, 2.75) is 26.8 Å². The molecular formula is C12H17F2N. The van der Waals surface area contributed by atoms with Crippen molar-refractivity contribution in [3.8, 4) is 0 Å². The zero-order chi connectivity index (χ0) is 11.6. The van der Waals surface area contributed by atoms with Crippen molar-refractivity contribution in [1.29, 1.82) is 0 Å². The van der Waals surface area contributed by atoms with Crippen LogP contribution in [0.3, 0.4) is 0 Å². The molecule has 0 aromatic heterocycles. The van der Waals surface area contributed by atoms with E-state index in [0.717, 1.165) is 0 Å². The van der Waals surface area contributed by atoms with Crippen LogP contribution in [-0.2, 0) is 0 Å². The van der Waals surface area contributed by atoms with E-state index in [1.807, 2.05) is 13.8 Å². The van der Waals surface area contributed by atoms with Gasteiger partial charge in [-0.25, -0.2) is 8.78 Å². The van der Waals surface area contributed by atoms with Gasteiger partial charge in [0.1, 0.15) is 0 Å². The van der Waals surface area contributed by atoms with Gasteiger partial charge < -0.3 is 5.32 Å². The monoisotopic (exact) mass is 213 g/mol. The molecule has 15 heavy (non-hydrogen) atoms. The largest absolute Gasteiger partial charge is 0.313 e. The number of nitrogens with one attached hydrogen (secondary N) is 1. The van der Waals surface area contributed by atoms with Crippen LogP contribution in [0, 0.1) is 24.5 Å². The Morgan fingerprint density at radius 3 is 2.20 bits per heavy atom. The fraction of sp³-hybridized carbons (Fsp3) is 0.500. The zero-order valence-electron chi connectivity index (χ0n) is 9.57. The Bertz CT molecular complexity index is 348. The van der Waals surface area contributed by atoms with Crippen molar-refractivity contribution in [3.63, 3.8) is 0 Å². The van der Waals surface area contributed by atoms with Crippen LogP contribution in [0.25, 0.3) is 0 Å². The molecule has 3 heteroatoms. The van der Waals surface area contributed by atoms with Crippen molar-refractivity contribution in [3.05, 3.63) is 34.9 Å². The Morgan fingerprint density at radius 1 is 1.13 bits per heavy atom. The second-order valence-electron chi connectivity index (χ2n) is 4.11. The Morgan fingerprint density at radius 2 is 1.73 bits per heavy atom. The molecule has 0 saturated heterocycles. The van der Waals surface area contributed by atoms with E-state index >= 15 is 0 Å². The first-order valence-electron chi connectivity index (χ1n) is 5.10. The van der Waals surface area contributed by atoms with Crippen LogP contribution in [-0.4, -0.2) is 7.05 Å². The highest BCUT2D eigenvalue weighted by Gasteiger charge is 2.20. The summed E-state index contributed by atoms with van der Waals surface area (Å²) in [5.74, 6) is -1.26. The summed E-state index contributed by atoms with van der Waals surface area (Å²) in [7, 11) is 1.75. The molecule has 1 N–H and O–H groups in total. The average molecular weight is 213 g/mol. The van der Waals surface area contributed by atoms with E-state index in [1.165, 1.54) is 0 Å². The second-order valence-corrected chi connectivity index (χ2v) is 4.11. The van der Waals surface area contributed by atoms with Gasteiger partial charge in [-0.05, 0) is 25.5 Å². The van der Waals surface area contributed by atoms with Crippen molar-refractivity contribution in [2.24, 2.45) is 5.92 Å². The smallest absolute Gasteiger partial charge is 0.163 e. The van der Waals surface area contributed by atoms with Crippen LogP contribution < -0.4 is 5.32 Å². The number of hydrogen-bond acceptors (Lipinski definition) is 1. The fourth-order valence-electron chi connectivity index (χ4n) is 1.75. The van der Waals surface area contributed by atoms with E-state index in [1.54, 1.807) is 26.1 Å². The highest BCUT2D eigenvalue weighted by atomic mass is 19.2. The average Bonchev–Trinajstić information content (AvgIpc) is 2.18. The first-order chi connectivity index (χ1) is 6.99. The van der Waals surface area contributed by atoms with Crippen molar-refractivity contribution in [1.82, 2.24) is 5.32 Å². The Hall–Kier alpha value is -0.960. The summed E-state index contributed by atoms with van der Waals surface area (Å²) >= 11 is 0. The second kappa shape index (κ2) is 4.71. The van der Waals surface area contributed by atoms with Crippen LogP contribution in [0.15, 0.2) is 12.1 Å². The summed E-state index contributed by atoms with van der Waals surface area (Å²) in [6, 6.07) is 3.11. The van der Waals surface area contributed by atoms with Gasteiger partial charge in [0.15, 0.2) is 11.6 Å². The summed E-state index contributed by atoms with van der Waals surface area (Å²) in [6.07, 6.45) is 0. The van der Waals surface area contributed by atoms with Crippen LogP contribution in [0.1, 0.15) is 31.0 Å². The minimum atomic E-state index is -0.742. The SMILES string of the molecule is CNC(c1ccc(C)c(F)c1F)C(C)C. The van der Waals surface area contributed by atoms with Gasteiger partial charge in [-0.2, -0.15) is 0 Å². The molecule has 1 aromatic carbocycles. The fourth-order valence-corrected chi connectivity index (χ4v) is 1.75. The summed E-state index contributed by atoms with van der Waals surface area (Å²) in [4.78, 5) is 0. The zero-order valence-corrected chi connectivity index (χ0v) is 9.57. The van der Waals surface area contributed by atoms with Gasteiger partial charge in [0.2, 0.25) is 0 Å². The lowest BCUT2D eigenvalue weighted by Crippen LogP contribution is -2.23. The first-order valence-corrected chi connectivity index (χ1v) is 5.10. The maximum atomic E-state index is 13.6. The lowest BCUT2D eigenvalue weighted by Gasteiger charge is -2.21. The molecule has 1 rings (SSSR count). The van der Waals surface area contributed by atoms with E-state index in [0.29, 0.717) is 11.1 Å². The molecule has 0 spiro atoms. The Balaban J connectivity index is 3.19. The van der Waals surface area contributed by atoms with Gasteiger partial charge in [-0.1, -0.05) is 26.0 Å². The molecular weight excluding hydrogens is 196 g/mol. The molecule has 0 heterocycles. The number of hydrogen-bond donors (Lipinski definition) is 1. The molecule has 0 aliphatic rings. The lowest BCUT2D eigenvalue weighted by molar-refractivity contribution is 0.409. The molecule has 0 bridgehead atoms. The van der Waals surface area contributed by atoms with Crippen LogP contribution in [0.4, 0.5) is 8.78 Å². The molecule has 1 nitrogen and oxygen atoms in total. The maximum absolute atomic E-state index is 13.6. The third kappa shape index (κ3) is 2.34. The van der Waals surface area contributed by atoms with Crippen molar-refractivity contribution >= 4 is 0 Å². The molecule has 0 fully saturated rings. The molecule has 0 saturated carbocycles. The molecule has 1 atom stereocenters. The predicted octanol–water partition coefficient (Wildman–Crippen LogP) is 3.19. The summed E-state index contributed by atoms with van der Waals surface area (Å²) in [5.41, 5.74) is 0.741. The van der Waals surface area contributed by atoms with Gasteiger partial charge in [0.05, 0.1) is 0 Å². The number of benzene rings is 1. The number of rotatable bonds is 3. The van der Waals surface area contributed by atoms with E-state index in [9.17, 15) is 8.78 Å². The van der Waals surface area contributed by atoms with E-state index in [-0.39, 0.29) is 12.0 Å². The van der Waals surface area contributed by atoms with Gasteiger partial charge >= 0.3 is 0 Å². The molecule has 0 aliphatic heterocycles. The van der Waals surface area contributed by atoms with Gasteiger partial charge in [0, 0.05) is 11.6 Å². The van der Waals surface area contributed by atoms with E-state index in [2.05, 4.69) is 5.32 Å². The third-order valence-corrected chi connectivity index (χ3v) is 2.62. The molecule has 1 unspecified atom stereocenters. The van der Waals surface area contributed by atoms with Crippen molar-refractivity contribution < 1.29 is 8.78 Å². The van der Waals surface area contributed by atoms with E-state index < -0.39 is 11.6 Å². The minimum Gasteiger partial charge on any atom is -0.313 e. The third-order valence-electron chi connectivity index (χ3n) is 2.62. The normalized spacial score (nSPS) is 13.3. The molecule has 0 radical (unpaired) electrons. The maximum Gasteiger partial charge on any atom is 0.163 e. The molecule has 84 valence electrons. The van der Waals surface area contributed by atoms with Gasteiger partial charge in [-0.15, -0.1) is 0 Å². The number of aryl methyl sites for hydroxylation is 1. The summed E-state index contributed by atoms with van der Waals surface area (Å²) < 4.78 is 27.0. The Labute approximate surface area is 89.5 Å². The van der Waals surface area contributed by atoms with Crippen LogP contribution >= 0.6 is 0 Å². The molecule has 0 amide bonds. The highest BCUT2D eigenvalue weighted by molar-refractivity contribution is 5.28. The van der Waals surface area contributed by atoms with E-state index in [4.69, 9.17) is 0 Å². The van der Waals surface area contributed by atoms with Crippen molar-refractivity contribution in [2.75, 3.05) is 7.05 Å². The van der Waals surface area contributed by atoms with Crippen LogP contribution in [0.5, 0.6) is 0 Å². The summed E-state index contributed by atoms with van der Waals surface area (Å²) in [6.45, 7) is 5.50. The van der Waals surface area contributed by atoms with Gasteiger partial charge in [0.25, 0.3) is 0 Å². The summed E-state index contributed by atoms with van der Waals surface area (Å²) in [5, 5.41) is 3.00.